The topological polar surface area (TPSA) is 130 Å². The summed E-state index contributed by atoms with van der Waals surface area (Å²) < 4.78 is 46.3. The number of ether oxygens (including phenoxy) is 2. The van der Waals surface area contributed by atoms with E-state index in [0.717, 1.165) is 19.3 Å². The summed E-state index contributed by atoms with van der Waals surface area (Å²) in [5.41, 5.74) is 8.16. The Hall–Kier alpha value is -4.10. The molecule has 4 aromatic rings. The zero-order valence-electron chi connectivity index (χ0n) is 28.1. The van der Waals surface area contributed by atoms with Gasteiger partial charge in [-0.05, 0) is 82.7 Å². The monoisotopic (exact) mass is 663 g/mol. The highest BCUT2D eigenvalue weighted by molar-refractivity contribution is 6.00. The zero-order chi connectivity index (χ0) is 34.1. The molecule has 1 saturated heterocycles. The predicted octanol–water partition coefficient (Wildman–Crippen LogP) is 4.95. The number of amides is 2. The lowest BCUT2D eigenvalue weighted by molar-refractivity contribution is -0.144. The molecule has 3 N–H and O–H groups in total. The number of nitrogens with one attached hydrogen (secondary N) is 1. The Morgan fingerprint density at radius 1 is 1.17 bits per heavy atom. The van der Waals surface area contributed by atoms with E-state index in [2.05, 4.69) is 5.32 Å². The summed E-state index contributed by atoms with van der Waals surface area (Å²) >= 11 is 0. The van der Waals surface area contributed by atoms with Gasteiger partial charge in [-0.15, -0.1) is 0 Å². The molecule has 3 aromatic heterocycles. The third-order valence-corrected chi connectivity index (χ3v) is 10.4. The number of methoxy groups -OCH3 is 1. The van der Waals surface area contributed by atoms with E-state index in [1.807, 2.05) is 15.5 Å². The number of pyridine rings is 1. The molecule has 4 bridgehead atoms. The summed E-state index contributed by atoms with van der Waals surface area (Å²) in [5, 5.41) is 3.61. The van der Waals surface area contributed by atoms with Crippen molar-refractivity contribution in [2.75, 3.05) is 20.3 Å². The number of likely N-dealkylation sites (tertiary alicyclic amines) is 1. The number of nitrogens with zero attached hydrogens (tertiary/aromatic N) is 5. The van der Waals surface area contributed by atoms with Crippen LogP contribution in [0, 0.1) is 5.92 Å². The van der Waals surface area contributed by atoms with Crippen LogP contribution in [0.3, 0.4) is 0 Å². The van der Waals surface area contributed by atoms with Crippen molar-refractivity contribution < 1.29 is 27.8 Å². The number of carbonyl (C=O) groups excluding carboxylic acids is 2. The number of imidazole rings is 1. The second kappa shape index (κ2) is 11.8. The number of piperidine rings is 1. The second-order valence-electron chi connectivity index (χ2n) is 14.2. The van der Waals surface area contributed by atoms with E-state index in [0.29, 0.717) is 63.1 Å². The van der Waals surface area contributed by atoms with Crippen LogP contribution in [-0.4, -0.2) is 79.7 Å². The van der Waals surface area contributed by atoms with Crippen molar-refractivity contribution in [2.45, 2.75) is 89.1 Å². The van der Waals surface area contributed by atoms with Gasteiger partial charge < -0.3 is 34.6 Å². The van der Waals surface area contributed by atoms with Crippen LogP contribution in [-0.2, 0) is 23.1 Å². The molecule has 48 heavy (non-hydrogen) atoms. The van der Waals surface area contributed by atoms with Gasteiger partial charge in [0.2, 0.25) is 0 Å². The van der Waals surface area contributed by atoms with E-state index >= 15 is 8.78 Å². The highest BCUT2D eigenvalue weighted by Gasteiger charge is 2.41. The van der Waals surface area contributed by atoms with Gasteiger partial charge in [-0.25, -0.2) is 18.7 Å². The van der Waals surface area contributed by atoms with E-state index in [-0.39, 0.29) is 36.9 Å². The lowest BCUT2D eigenvalue weighted by Crippen LogP contribution is -2.51. The number of benzene rings is 1. The first-order valence-electron chi connectivity index (χ1n) is 16.7. The van der Waals surface area contributed by atoms with Gasteiger partial charge in [0.1, 0.15) is 22.5 Å². The van der Waals surface area contributed by atoms with Crippen LogP contribution in [0.2, 0.25) is 0 Å². The summed E-state index contributed by atoms with van der Waals surface area (Å²) in [6.07, 6.45) is 2.52. The van der Waals surface area contributed by atoms with Gasteiger partial charge >= 0.3 is 0 Å². The van der Waals surface area contributed by atoms with Crippen molar-refractivity contribution in [3.05, 3.63) is 41.6 Å². The maximum absolute atomic E-state index is 15.7. The number of hydrogen-bond donors (Lipinski definition) is 2. The molecule has 2 fully saturated rings. The van der Waals surface area contributed by atoms with Crippen molar-refractivity contribution in [3.8, 4) is 17.3 Å². The highest BCUT2D eigenvalue weighted by atomic mass is 19.3. The number of aromatic nitrogens is 4. The first-order chi connectivity index (χ1) is 22.8. The Morgan fingerprint density at radius 3 is 2.73 bits per heavy atom. The van der Waals surface area contributed by atoms with Crippen molar-refractivity contribution in [1.82, 2.24) is 29.3 Å². The molecule has 0 unspecified atom stereocenters. The number of halogens is 2. The number of aryl methyl sites for hydroxylation is 1. The van der Waals surface area contributed by atoms with E-state index < -0.39 is 30.5 Å². The van der Waals surface area contributed by atoms with Gasteiger partial charge in [0.15, 0.2) is 5.82 Å². The Balaban J connectivity index is 1.33. The standard InChI is InChI=1S/C35H43F2N7O4/c1-19-25-10-8-21-15-27(44(30(21)40-25)18-35(36,37)11-6-12-48-34(2,3)33(46)39-19)31-41-26-14-22(16-28(47-5)29(26)42(31)4)32(45)43-17-24(38)20-7-9-23(43)13-20/h8,10,14-16,19-20,23-24H,6-7,9,11-13,17-18,38H2,1-5H3,(H,39,46)/t19-,20-,23+,24+/m1/s1. The van der Waals surface area contributed by atoms with Gasteiger partial charge in [-0.2, -0.15) is 0 Å². The summed E-state index contributed by atoms with van der Waals surface area (Å²) in [5.74, 6) is -2.24. The minimum absolute atomic E-state index is 0.0121. The predicted molar refractivity (Wildman–Crippen MR) is 177 cm³/mol. The van der Waals surface area contributed by atoms with Crippen molar-refractivity contribution in [3.63, 3.8) is 0 Å². The van der Waals surface area contributed by atoms with Crippen LogP contribution >= 0.6 is 0 Å². The molecule has 1 aromatic carbocycles. The van der Waals surface area contributed by atoms with Gasteiger partial charge in [0, 0.05) is 49.7 Å². The molecule has 7 rings (SSSR count). The molecule has 1 aliphatic carbocycles. The van der Waals surface area contributed by atoms with Crippen LogP contribution < -0.4 is 15.8 Å². The van der Waals surface area contributed by atoms with Gasteiger partial charge in [0.05, 0.1) is 36.6 Å². The maximum Gasteiger partial charge on any atom is 0.265 e. The molecule has 0 spiro atoms. The minimum Gasteiger partial charge on any atom is -0.494 e. The smallest absolute Gasteiger partial charge is 0.265 e. The van der Waals surface area contributed by atoms with Crippen LogP contribution in [0.5, 0.6) is 5.75 Å². The first-order valence-corrected chi connectivity index (χ1v) is 16.7. The molecule has 0 radical (unpaired) electrons. The molecule has 11 nitrogen and oxygen atoms in total. The lowest BCUT2D eigenvalue weighted by atomic mass is 9.94. The third-order valence-electron chi connectivity index (χ3n) is 10.4. The van der Waals surface area contributed by atoms with Gasteiger partial charge in [0.25, 0.3) is 17.7 Å². The molecular formula is C35H43F2N7O4. The Kier molecular flexibility index (Phi) is 7.97. The summed E-state index contributed by atoms with van der Waals surface area (Å²) in [6, 6.07) is 8.51. The maximum atomic E-state index is 15.7. The molecule has 2 amide bonds. The molecule has 4 atom stereocenters. The number of carbonyl (C=O) groups is 2. The van der Waals surface area contributed by atoms with E-state index in [4.69, 9.17) is 25.2 Å². The third kappa shape index (κ3) is 5.60. The number of alkyl halides is 2. The van der Waals surface area contributed by atoms with E-state index in [9.17, 15) is 9.59 Å². The van der Waals surface area contributed by atoms with Crippen LogP contribution in [0.4, 0.5) is 8.78 Å². The zero-order valence-corrected chi connectivity index (χ0v) is 28.1. The highest BCUT2D eigenvalue weighted by Crippen LogP contribution is 2.39. The summed E-state index contributed by atoms with van der Waals surface area (Å²) in [7, 11) is 3.34. The van der Waals surface area contributed by atoms with Crippen LogP contribution in [0.15, 0.2) is 30.3 Å². The Morgan fingerprint density at radius 2 is 1.96 bits per heavy atom. The second-order valence-corrected chi connectivity index (χ2v) is 14.2. The average Bonchev–Trinajstić information content (AvgIpc) is 3.73. The fourth-order valence-electron chi connectivity index (χ4n) is 7.63. The van der Waals surface area contributed by atoms with Gasteiger partial charge in [-0.1, -0.05) is 0 Å². The fourth-order valence-corrected chi connectivity index (χ4v) is 7.63. The van der Waals surface area contributed by atoms with Crippen molar-refractivity contribution in [1.29, 1.82) is 0 Å². The molecular weight excluding hydrogens is 620 g/mol. The number of rotatable bonds is 3. The number of hydrogen-bond acceptors (Lipinski definition) is 7. The normalized spacial score (nSPS) is 25.8. The van der Waals surface area contributed by atoms with Crippen molar-refractivity contribution in [2.24, 2.45) is 18.7 Å². The van der Waals surface area contributed by atoms with Gasteiger partial charge in [-0.3, -0.25) is 9.59 Å². The Bertz CT molecular complexity index is 1920. The first kappa shape index (κ1) is 32.4. The fraction of sp³-hybridized carbons (Fsp3) is 0.543. The molecule has 1 saturated carbocycles. The minimum atomic E-state index is -3.11. The SMILES string of the molecule is COc1cc(C(=O)N2C[C@H](N)[C@@H]3CC[C@H]2C3)cc2nc(-c3cc4ccc5nc4n3CC(F)(F)CCCOC(C)(C)C(=O)N[C@@H]5C)n(C)c12. The number of nitrogens with two attached hydrogens (primary N) is 1. The summed E-state index contributed by atoms with van der Waals surface area (Å²) in [4.78, 5) is 38.5. The molecule has 256 valence electrons. The van der Waals surface area contributed by atoms with E-state index in [1.54, 1.807) is 52.1 Å². The Labute approximate surface area is 277 Å². The molecule has 13 heteroatoms. The largest absolute Gasteiger partial charge is 0.494 e. The number of fused-ring (bicyclic) bond motifs is 4. The quantitative estimate of drug-likeness (QED) is 0.317. The van der Waals surface area contributed by atoms with Crippen LogP contribution in [0.25, 0.3) is 33.6 Å². The van der Waals surface area contributed by atoms with Crippen LogP contribution in [0.1, 0.15) is 75.0 Å². The summed E-state index contributed by atoms with van der Waals surface area (Å²) in [6.45, 7) is 4.95. The van der Waals surface area contributed by atoms with Crippen molar-refractivity contribution >= 4 is 33.9 Å². The molecule has 5 heterocycles. The van der Waals surface area contributed by atoms with E-state index in [1.165, 1.54) is 11.7 Å². The molecule has 3 aliphatic rings. The lowest BCUT2D eigenvalue weighted by Gasteiger charge is -2.37. The molecule has 2 aliphatic heterocycles. The average molecular weight is 664 g/mol.